The SMILES string of the molecule is CCOC(=O)c1cnc2c(N(C)Cc3ccc(OC)cc3)cc(Nc3cccnc3OC)nn12. The molecule has 10 heteroatoms. The van der Waals surface area contributed by atoms with E-state index in [1.807, 2.05) is 48.3 Å². The third kappa shape index (κ3) is 4.70. The Morgan fingerprint density at radius 2 is 1.91 bits per heavy atom. The highest BCUT2D eigenvalue weighted by atomic mass is 16.5. The second-order valence-corrected chi connectivity index (χ2v) is 7.40. The zero-order chi connectivity index (χ0) is 24.1. The number of hydrogen-bond acceptors (Lipinski definition) is 9. The number of esters is 1. The number of anilines is 3. The summed E-state index contributed by atoms with van der Waals surface area (Å²) in [5.41, 5.74) is 3.25. The van der Waals surface area contributed by atoms with Gasteiger partial charge in [0.05, 0.1) is 32.7 Å². The zero-order valence-electron chi connectivity index (χ0n) is 19.5. The van der Waals surface area contributed by atoms with Crippen LogP contribution in [-0.4, -0.2) is 53.4 Å². The lowest BCUT2D eigenvalue weighted by Crippen LogP contribution is -2.19. The van der Waals surface area contributed by atoms with E-state index in [-0.39, 0.29) is 12.3 Å². The molecule has 4 aromatic rings. The lowest BCUT2D eigenvalue weighted by Gasteiger charge is -2.21. The summed E-state index contributed by atoms with van der Waals surface area (Å²) in [6.07, 6.45) is 3.11. The molecule has 0 aliphatic carbocycles. The summed E-state index contributed by atoms with van der Waals surface area (Å²) < 4.78 is 17.3. The standard InChI is InChI=1S/C24H26N6O4/c1-5-34-24(31)20-14-26-22-19(29(2)15-16-8-10-17(32-3)11-9-16)13-21(28-30(20)22)27-18-7-6-12-25-23(18)33-4/h6-14H,5,15H2,1-4H3,(H,27,28). The van der Waals surface area contributed by atoms with Crippen LogP contribution in [0.5, 0.6) is 11.6 Å². The van der Waals surface area contributed by atoms with Crippen LogP contribution in [0.2, 0.25) is 0 Å². The Morgan fingerprint density at radius 1 is 1.12 bits per heavy atom. The third-order valence-electron chi connectivity index (χ3n) is 5.15. The van der Waals surface area contributed by atoms with Crippen molar-refractivity contribution < 1.29 is 19.0 Å². The van der Waals surface area contributed by atoms with E-state index in [0.29, 0.717) is 29.6 Å². The molecule has 3 heterocycles. The average Bonchev–Trinajstić information content (AvgIpc) is 3.28. The number of rotatable bonds is 9. The van der Waals surface area contributed by atoms with E-state index in [9.17, 15) is 4.79 Å². The summed E-state index contributed by atoms with van der Waals surface area (Å²) >= 11 is 0. The van der Waals surface area contributed by atoms with E-state index in [1.165, 1.54) is 10.7 Å². The van der Waals surface area contributed by atoms with E-state index in [4.69, 9.17) is 14.2 Å². The van der Waals surface area contributed by atoms with Crippen LogP contribution in [0.4, 0.5) is 17.2 Å². The van der Waals surface area contributed by atoms with Crippen molar-refractivity contribution in [2.45, 2.75) is 13.5 Å². The molecule has 0 amide bonds. The van der Waals surface area contributed by atoms with Gasteiger partial charge in [-0.2, -0.15) is 0 Å². The molecule has 0 aliphatic heterocycles. The van der Waals surface area contributed by atoms with Crippen LogP contribution in [0.15, 0.2) is 54.9 Å². The summed E-state index contributed by atoms with van der Waals surface area (Å²) in [6.45, 7) is 2.60. The van der Waals surface area contributed by atoms with Crippen molar-refractivity contribution in [2.24, 2.45) is 0 Å². The molecule has 0 atom stereocenters. The highest BCUT2D eigenvalue weighted by Crippen LogP contribution is 2.29. The van der Waals surface area contributed by atoms with Gasteiger partial charge in [-0.05, 0) is 36.8 Å². The molecule has 0 spiro atoms. The molecule has 1 aromatic carbocycles. The maximum Gasteiger partial charge on any atom is 0.358 e. The molecular formula is C24H26N6O4. The van der Waals surface area contributed by atoms with E-state index in [2.05, 4.69) is 20.4 Å². The van der Waals surface area contributed by atoms with E-state index < -0.39 is 5.97 Å². The van der Waals surface area contributed by atoms with Gasteiger partial charge in [-0.15, -0.1) is 5.10 Å². The number of benzene rings is 1. The number of hydrogen-bond donors (Lipinski definition) is 1. The Kier molecular flexibility index (Phi) is 6.77. The number of carbonyl (C=O) groups is 1. The Labute approximate surface area is 197 Å². The predicted octanol–water partition coefficient (Wildman–Crippen LogP) is 3.70. The molecule has 0 radical (unpaired) electrons. The van der Waals surface area contributed by atoms with Crippen molar-refractivity contribution in [1.82, 2.24) is 19.6 Å². The van der Waals surface area contributed by atoms with Gasteiger partial charge < -0.3 is 24.4 Å². The van der Waals surface area contributed by atoms with Gasteiger partial charge in [0.2, 0.25) is 5.88 Å². The molecule has 0 bridgehead atoms. The normalized spacial score (nSPS) is 10.7. The second-order valence-electron chi connectivity index (χ2n) is 7.40. The summed E-state index contributed by atoms with van der Waals surface area (Å²) in [4.78, 5) is 23.2. The average molecular weight is 463 g/mol. The monoisotopic (exact) mass is 462 g/mol. The molecule has 34 heavy (non-hydrogen) atoms. The highest BCUT2D eigenvalue weighted by Gasteiger charge is 2.20. The topological polar surface area (TPSA) is 103 Å². The van der Waals surface area contributed by atoms with Crippen LogP contribution >= 0.6 is 0 Å². The minimum atomic E-state index is -0.498. The van der Waals surface area contributed by atoms with E-state index in [0.717, 1.165) is 17.0 Å². The number of methoxy groups -OCH3 is 2. The van der Waals surface area contributed by atoms with Crippen LogP contribution in [0, 0.1) is 0 Å². The van der Waals surface area contributed by atoms with Crippen molar-refractivity contribution in [2.75, 3.05) is 38.1 Å². The highest BCUT2D eigenvalue weighted by molar-refractivity contribution is 5.89. The van der Waals surface area contributed by atoms with Crippen molar-refractivity contribution in [3.8, 4) is 11.6 Å². The van der Waals surface area contributed by atoms with E-state index >= 15 is 0 Å². The maximum absolute atomic E-state index is 12.5. The van der Waals surface area contributed by atoms with Gasteiger partial charge in [-0.1, -0.05) is 12.1 Å². The summed E-state index contributed by atoms with van der Waals surface area (Å²) in [6, 6.07) is 13.3. The van der Waals surface area contributed by atoms with Gasteiger partial charge in [0.25, 0.3) is 0 Å². The molecule has 0 saturated heterocycles. The molecule has 10 nitrogen and oxygen atoms in total. The summed E-state index contributed by atoms with van der Waals surface area (Å²) in [5, 5.41) is 7.83. The first kappa shape index (κ1) is 22.8. The molecule has 176 valence electrons. The minimum absolute atomic E-state index is 0.234. The number of carbonyl (C=O) groups excluding carboxylic acids is 1. The van der Waals surface area contributed by atoms with Crippen molar-refractivity contribution >= 4 is 28.8 Å². The van der Waals surface area contributed by atoms with Gasteiger partial charge >= 0.3 is 5.97 Å². The van der Waals surface area contributed by atoms with Crippen LogP contribution in [0.1, 0.15) is 23.0 Å². The Bertz CT molecular complexity index is 1290. The minimum Gasteiger partial charge on any atom is -0.497 e. The van der Waals surface area contributed by atoms with Gasteiger partial charge in [-0.3, -0.25) is 0 Å². The van der Waals surface area contributed by atoms with Crippen molar-refractivity contribution in [3.63, 3.8) is 0 Å². The molecule has 0 saturated carbocycles. The molecule has 0 aliphatic rings. The number of aromatic nitrogens is 4. The lowest BCUT2D eigenvalue weighted by atomic mass is 10.2. The van der Waals surface area contributed by atoms with Crippen molar-refractivity contribution in [3.05, 3.63) is 66.1 Å². The number of fused-ring (bicyclic) bond motifs is 1. The van der Waals surface area contributed by atoms with Crippen LogP contribution < -0.4 is 19.7 Å². The number of ether oxygens (including phenoxy) is 3. The van der Waals surface area contributed by atoms with Crippen LogP contribution in [-0.2, 0) is 11.3 Å². The van der Waals surface area contributed by atoms with E-state index in [1.54, 1.807) is 33.4 Å². The molecule has 0 fully saturated rings. The van der Waals surface area contributed by atoms with Crippen molar-refractivity contribution in [1.29, 1.82) is 0 Å². The van der Waals surface area contributed by atoms with Crippen LogP contribution in [0.25, 0.3) is 5.65 Å². The van der Waals surface area contributed by atoms with Gasteiger partial charge in [0, 0.05) is 25.9 Å². The molecule has 3 aromatic heterocycles. The maximum atomic E-state index is 12.5. The first-order valence-corrected chi connectivity index (χ1v) is 10.7. The largest absolute Gasteiger partial charge is 0.497 e. The lowest BCUT2D eigenvalue weighted by molar-refractivity contribution is 0.0517. The molecular weight excluding hydrogens is 436 g/mol. The Hall–Kier alpha value is -4.34. The fraction of sp³-hybridized carbons (Fsp3) is 0.250. The van der Waals surface area contributed by atoms with Crippen LogP contribution in [0.3, 0.4) is 0 Å². The van der Waals surface area contributed by atoms with Gasteiger partial charge in [0.1, 0.15) is 11.4 Å². The number of nitrogens with one attached hydrogen (secondary N) is 1. The van der Waals surface area contributed by atoms with Gasteiger partial charge in [-0.25, -0.2) is 19.3 Å². The summed E-state index contributed by atoms with van der Waals surface area (Å²) in [5.74, 6) is 1.21. The predicted molar refractivity (Wildman–Crippen MR) is 128 cm³/mol. The Balaban J connectivity index is 1.76. The second kappa shape index (κ2) is 10.1. The molecule has 4 rings (SSSR count). The zero-order valence-corrected chi connectivity index (χ0v) is 19.5. The fourth-order valence-corrected chi connectivity index (χ4v) is 3.52. The van der Waals surface area contributed by atoms with Gasteiger partial charge in [0.15, 0.2) is 17.2 Å². The molecule has 0 unspecified atom stereocenters. The quantitative estimate of drug-likeness (QED) is 0.373. The third-order valence-corrected chi connectivity index (χ3v) is 5.15. The number of imidazole rings is 1. The smallest absolute Gasteiger partial charge is 0.358 e. The number of nitrogens with zero attached hydrogens (tertiary/aromatic N) is 5. The first-order valence-electron chi connectivity index (χ1n) is 10.7. The number of pyridine rings is 1. The summed E-state index contributed by atoms with van der Waals surface area (Å²) in [7, 11) is 5.14. The Morgan fingerprint density at radius 3 is 2.62 bits per heavy atom. The fourth-order valence-electron chi connectivity index (χ4n) is 3.52. The first-order chi connectivity index (χ1) is 16.5. The molecule has 1 N–H and O–H groups in total.